The summed E-state index contributed by atoms with van der Waals surface area (Å²) < 4.78 is 10.5. The van der Waals surface area contributed by atoms with E-state index in [9.17, 15) is 14.4 Å². The van der Waals surface area contributed by atoms with E-state index in [1.807, 2.05) is 0 Å². The minimum Gasteiger partial charge on any atom is -0.469 e. The minimum absolute atomic E-state index is 0.0966. The highest BCUT2D eigenvalue weighted by atomic mass is 35.5. The molecule has 0 aliphatic carbocycles. The Bertz CT molecular complexity index is 775. The number of nitrogens with one attached hydrogen (secondary N) is 1. The van der Waals surface area contributed by atoms with Crippen LogP contribution >= 0.6 is 11.6 Å². The normalized spacial score (nSPS) is 11.5. The van der Waals surface area contributed by atoms with Crippen LogP contribution in [0, 0.1) is 0 Å². The van der Waals surface area contributed by atoms with E-state index >= 15 is 0 Å². The average Bonchev–Trinajstić information content (AvgIpc) is 2.99. The van der Waals surface area contributed by atoms with Gasteiger partial charge in [-0.2, -0.15) is 0 Å². The first-order chi connectivity index (χ1) is 12.0. The number of hydrogen-bond acceptors (Lipinski definition) is 7. The first-order valence-corrected chi connectivity index (χ1v) is 7.57. The molecule has 1 atom stereocenters. The molecule has 0 aromatic carbocycles. The summed E-state index contributed by atoms with van der Waals surface area (Å²) in [7, 11) is 2.42. The van der Waals surface area contributed by atoms with Gasteiger partial charge in [-0.3, -0.25) is 19.2 Å². The van der Waals surface area contributed by atoms with Gasteiger partial charge in [0.05, 0.1) is 24.9 Å². The van der Waals surface area contributed by atoms with E-state index in [4.69, 9.17) is 11.6 Å². The first-order valence-electron chi connectivity index (χ1n) is 7.19. The van der Waals surface area contributed by atoms with Crippen LogP contribution in [0.4, 0.5) is 0 Å². The van der Waals surface area contributed by atoms with Crippen molar-refractivity contribution in [3.63, 3.8) is 0 Å². The lowest BCUT2D eigenvalue weighted by atomic mass is 10.1. The van der Waals surface area contributed by atoms with Gasteiger partial charge in [-0.15, -0.1) is 0 Å². The second-order valence-electron chi connectivity index (χ2n) is 4.94. The molecule has 25 heavy (non-hydrogen) atoms. The van der Waals surface area contributed by atoms with Crippen LogP contribution in [0.1, 0.15) is 28.6 Å². The third kappa shape index (κ3) is 4.57. The van der Waals surface area contributed by atoms with Crippen molar-refractivity contribution in [2.75, 3.05) is 19.6 Å². The topological polar surface area (TPSA) is 99.5 Å². The van der Waals surface area contributed by atoms with Crippen molar-refractivity contribution < 1.29 is 23.9 Å². The van der Waals surface area contributed by atoms with Gasteiger partial charge in [-0.1, -0.05) is 17.7 Å². The zero-order chi connectivity index (χ0) is 18.4. The Morgan fingerprint density at radius 1 is 1.28 bits per heavy atom. The van der Waals surface area contributed by atoms with Crippen LogP contribution in [-0.4, -0.2) is 41.6 Å². The van der Waals surface area contributed by atoms with Crippen LogP contribution in [0.2, 0.25) is 5.02 Å². The molecule has 132 valence electrons. The van der Waals surface area contributed by atoms with Crippen LogP contribution in [0.3, 0.4) is 0 Å². The summed E-state index contributed by atoms with van der Waals surface area (Å²) in [6.45, 7) is 0. The highest BCUT2D eigenvalue weighted by Gasteiger charge is 2.26. The zero-order valence-corrected chi connectivity index (χ0v) is 14.3. The number of carbonyl (C=O) groups is 3. The van der Waals surface area contributed by atoms with Gasteiger partial charge in [0, 0.05) is 12.4 Å². The van der Waals surface area contributed by atoms with Crippen LogP contribution < -0.4 is 5.43 Å². The van der Waals surface area contributed by atoms with Gasteiger partial charge in [0.25, 0.3) is 0 Å². The van der Waals surface area contributed by atoms with E-state index in [0.29, 0.717) is 5.69 Å². The maximum absolute atomic E-state index is 12.5. The lowest BCUT2D eigenvalue weighted by molar-refractivity contribution is -0.143. The molecule has 0 saturated heterocycles. The summed E-state index contributed by atoms with van der Waals surface area (Å²) in [5.74, 6) is -1.79. The molecule has 2 aromatic heterocycles. The van der Waals surface area contributed by atoms with Crippen molar-refractivity contribution in [3.05, 3.63) is 53.1 Å². The molecule has 0 spiro atoms. The van der Waals surface area contributed by atoms with Crippen molar-refractivity contribution in [2.24, 2.45) is 0 Å². The van der Waals surface area contributed by atoms with E-state index < -0.39 is 30.2 Å². The van der Waals surface area contributed by atoms with E-state index in [1.165, 1.54) is 37.4 Å². The number of ketones is 1. The van der Waals surface area contributed by atoms with Gasteiger partial charge in [-0.25, -0.2) is 4.79 Å². The lowest BCUT2D eigenvalue weighted by Crippen LogP contribution is -2.31. The third-order valence-corrected chi connectivity index (χ3v) is 3.51. The van der Waals surface area contributed by atoms with E-state index in [2.05, 4.69) is 19.9 Å². The van der Waals surface area contributed by atoms with E-state index in [1.54, 1.807) is 18.2 Å². The first kappa shape index (κ1) is 18.5. The fourth-order valence-electron chi connectivity index (χ4n) is 2.10. The molecular weight excluding hydrogens is 350 g/mol. The van der Waals surface area contributed by atoms with Crippen LogP contribution in [0.5, 0.6) is 0 Å². The van der Waals surface area contributed by atoms with Crippen LogP contribution in [0.25, 0.3) is 0 Å². The Kier molecular flexibility index (Phi) is 6.13. The molecule has 8 nitrogen and oxygen atoms in total. The van der Waals surface area contributed by atoms with E-state index in [0.717, 1.165) is 0 Å². The molecule has 2 heterocycles. The number of Topliss-reactive ketones (excluding diaryl/α,β-unsaturated/α-hetero) is 1. The predicted octanol–water partition coefficient (Wildman–Crippen LogP) is 1.74. The van der Waals surface area contributed by atoms with E-state index in [-0.39, 0.29) is 10.7 Å². The number of esters is 2. The van der Waals surface area contributed by atoms with Crippen molar-refractivity contribution >= 4 is 29.3 Å². The molecular formula is C16H16ClN3O5. The smallest absolute Gasteiger partial charge is 0.356 e. The molecule has 0 aliphatic rings. The zero-order valence-electron chi connectivity index (χ0n) is 13.6. The Hall–Kier alpha value is -2.87. The highest BCUT2D eigenvalue weighted by molar-refractivity contribution is 6.31. The largest absolute Gasteiger partial charge is 0.469 e. The van der Waals surface area contributed by atoms with Crippen LogP contribution in [0.15, 0.2) is 36.7 Å². The Morgan fingerprint density at radius 2 is 2.04 bits per heavy atom. The number of pyridine rings is 1. The second-order valence-corrected chi connectivity index (χ2v) is 5.38. The predicted molar refractivity (Wildman–Crippen MR) is 88.8 cm³/mol. The molecule has 0 radical (unpaired) electrons. The van der Waals surface area contributed by atoms with Crippen molar-refractivity contribution in [2.45, 2.75) is 12.5 Å². The van der Waals surface area contributed by atoms with Crippen molar-refractivity contribution in [3.8, 4) is 0 Å². The van der Waals surface area contributed by atoms with Crippen molar-refractivity contribution in [1.82, 2.24) is 9.66 Å². The summed E-state index contributed by atoms with van der Waals surface area (Å²) in [4.78, 5) is 39.9. The second kappa shape index (κ2) is 8.29. The number of methoxy groups -OCH3 is 2. The number of hydrogen-bond donors (Lipinski definition) is 1. The Morgan fingerprint density at radius 3 is 2.64 bits per heavy atom. The number of halogens is 1. The quantitative estimate of drug-likeness (QED) is 0.589. The molecule has 0 fully saturated rings. The van der Waals surface area contributed by atoms with Crippen molar-refractivity contribution in [1.29, 1.82) is 0 Å². The molecule has 0 aliphatic heterocycles. The summed E-state index contributed by atoms with van der Waals surface area (Å²) >= 11 is 5.94. The number of ether oxygens (including phenoxy) is 2. The summed E-state index contributed by atoms with van der Waals surface area (Å²) in [6.07, 6.45) is 2.47. The molecule has 0 saturated carbocycles. The minimum atomic E-state index is -0.993. The van der Waals surface area contributed by atoms with Gasteiger partial charge in [-0.05, 0) is 18.2 Å². The third-order valence-electron chi connectivity index (χ3n) is 3.30. The molecule has 0 amide bonds. The fourth-order valence-corrected chi connectivity index (χ4v) is 2.31. The molecule has 2 aromatic rings. The maximum atomic E-state index is 12.5. The van der Waals surface area contributed by atoms with Gasteiger partial charge in [0.15, 0.2) is 5.78 Å². The molecule has 9 heteroatoms. The Labute approximate surface area is 148 Å². The molecule has 1 unspecified atom stereocenters. The summed E-state index contributed by atoms with van der Waals surface area (Å²) in [5, 5.41) is 0.271. The maximum Gasteiger partial charge on any atom is 0.356 e. The molecule has 0 bridgehead atoms. The van der Waals surface area contributed by atoms with Gasteiger partial charge in [0.1, 0.15) is 18.2 Å². The average molecular weight is 366 g/mol. The molecule has 1 N–H and O–H groups in total. The highest BCUT2D eigenvalue weighted by Crippen LogP contribution is 2.19. The van der Waals surface area contributed by atoms with Crippen LogP contribution in [-0.2, 0) is 19.1 Å². The standard InChI is InChI=1S/C16H16ClN3O5/c1-24-14(22)8-13(21)15(11-5-3-4-6-18-11)19-20-9-10(17)7-12(20)16(23)25-2/h3-7,9,15,19H,8H2,1-2H3. The monoisotopic (exact) mass is 365 g/mol. The van der Waals surface area contributed by atoms with Gasteiger partial charge >= 0.3 is 11.9 Å². The van der Waals surface area contributed by atoms with Gasteiger partial charge in [0.2, 0.25) is 0 Å². The molecule has 2 rings (SSSR count). The summed E-state index contributed by atoms with van der Waals surface area (Å²) in [6, 6.07) is 5.41. The number of rotatable bonds is 7. The number of nitrogens with zero attached hydrogens (tertiary/aromatic N) is 2. The Balaban J connectivity index is 2.36. The fraction of sp³-hybridized carbons (Fsp3) is 0.250. The number of carbonyl (C=O) groups excluding carboxylic acids is 3. The SMILES string of the molecule is COC(=O)CC(=O)C(Nn1cc(Cl)cc1C(=O)OC)c1ccccn1. The summed E-state index contributed by atoms with van der Waals surface area (Å²) in [5.41, 5.74) is 3.31. The van der Waals surface area contributed by atoms with Gasteiger partial charge < -0.3 is 14.9 Å². The number of aromatic nitrogens is 2. The lowest BCUT2D eigenvalue weighted by Gasteiger charge is -2.20.